The zero-order chi connectivity index (χ0) is 19.1. The lowest BCUT2D eigenvalue weighted by Gasteiger charge is -2.16. The fraction of sp³-hybridized carbons (Fsp3) is 0.409. The summed E-state index contributed by atoms with van der Waals surface area (Å²) in [6.45, 7) is 5.65. The lowest BCUT2D eigenvalue weighted by Crippen LogP contribution is -2.35. The Bertz CT molecular complexity index is 739. The lowest BCUT2D eigenvalue weighted by molar-refractivity contribution is -0.127. The first kappa shape index (κ1) is 19.2. The van der Waals surface area contributed by atoms with Gasteiger partial charge in [0, 0.05) is 19.2 Å². The maximum atomic E-state index is 12.3. The summed E-state index contributed by atoms with van der Waals surface area (Å²) in [5, 5.41) is 2.93. The second-order valence-electron chi connectivity index (χ2n) is 6.96. The molecule has 5 nitrogen and oxygen atoms in total. The van der Waals surface area contributed by atoms with E-state index in [4.69, 9.17) is 9.47 Å². The summed E-state index contributed by atoms with van der Waals surface area (Å²) in [4.78, 5) is 14.8. The minimum atomic E-state index is -0.577. The zero-order valence-corrected chi connectivity index (χ0v) is 16.1. The van der Waals surface area contributed by atoms with Gasteiger partial charge in [0.05, 0.1) is 7.11 Å². The van der Waals surface area contributed by atoms with Gasteiger partial charge >= 0.3 is 0 Å². The van der Waals surface area contributed by atoms with E-state index in [-0.39, 0.29) is 5.91 Å². The molecule has 0 aromatic heterocycles. The highest BCUT2D eigenvalue weighted by Gasteiger charge is 2.15. The molecule has 0 radical (unpaired) electrons. The molecule has 0 aliphatic carbocycles. The van der Waals surface area contributed by atoms with Crippen molar-refractivity contribution >= 4 is 5.91 Å². The summed E-state index contributed by atoms with van der Waals surface area (Å²) < 4.78 is 10.9. The summed E-state index contributed by atoms with van der Waals surface area (Å²) in [6, 6.07) is 15.7. The molecule has 27 heavy (non-hydrogen) atoms. The van der Waals surface area contributed by atoms with Crippen LogP contribution < -0.4 is 14.8 Å². The fourth-order valence-electron chi connectivity index (χ4n) is 3.23. The van der Waals surface area contributed by atoms with Crippen LogP contribution in [0.25, 0.3) is 0 Å². The lowest BCUT2D eigenvalue weighted by atomic mass is 10.1. The first-order valence-electron chi connectivity index (χ1n) is 9.52. The average molecular weight is 368 g/mol. The maximum Gasteiger partial charge on any atom is 0.261 e. The predicted octanol–water partition coefficient (Wildman–Crippen LogP) is 3.37. The molecule has 2 aromatic rings. The largest absolute Gasteiger partial charge is 0.497 e. The molecule has 1 fully saturated rings. The molecular formula is C22H28N2O3. The number of nitrogens with one attached hydrogen (secondary N) is 1. The van der Waals surface area contributed by atoms with Gasteiger partial charge in [-0.2, -0.15) is 0 Å². The zero-order valence-electron chi connectivity index (χ0n) is 16.1. The monoisotopic (exact) mass is 368 g/mol. The first-order chi connectivity index (χ1) is 13.1. The summed E-state index contributed by atoms with van der Waals surface area (Å²) in [7, 11) is 1.60. The Morgan fingerprint density at radius 3 is 2.44 bits per heavy atom. The number of likely N-dealkylation sites (tertiary alicyclic amines) is 1. The van der Waals surface area contributed by atoms with Crippen molar-refractivity contribution < 1.29 is 14.3 Å². The quantitative estimate of drug-likeness (QED) is 0.776. The van der Waals surface area contributed by atoms with Gasteiger partial charge in [-0.05, 0) is 56.1 Å². The van der Waals surface area contributed by atoms with Crippen molar-refractivity contribution in [3.05, 3.63) is 59.7 Å². The second-order valence-corrected chi connectivity index (χ2v) is 6.96. The first-order valence-corrected chi connectivity index (χ1v) is 9.52. The predicted molar refractivity (Wildman–Crippen MR) is 106 cm³/mol. The second kappa shape index (κ2) is 9.42. The molecule has 3 rings (SSSR count). The van der Waals surface area contributed by atoms with E-state index in [9.17, 15) is 4.79 Å². The molecule has 1 atom stereocenters. The third kappa shape index (κ3) is 5.73. The van der Waals surface area contributed by atoms with Gasteiger partial charge in [0.1, 0.15) is 11.5 Å². The number of methoxy groups -OCH3 is 1. The SMILES string of the molecule is COc1cccc(OC(C)C(=O)NCc2ccc(CN3CCCC3)cc2)c1. The van der Waals surface area contributed by atoms with E-state index in [0.717, 1.165) is 12.1 Å². The third-order valence-electron chi connectivity index (χ3n) is 4.82. The Labute approximate surface area is 161 Å². The summed E-state index contributed by atoms with van der Waals surface area (Å²) in [6.07, 6.45) is 2.03. The highest BCUT2D eigenvalue weighted by atomic mass is 16.5. The van der Waals surface area contributed by atoms with Crippen LogP contribution in [0.4, 0.5) is 0 Å². The molecule has 144 valence electrons. The van der Waals surface area contributed by atoms with Crippen molar-refractivity contribution in [2.24, 2.45) is 0 Å². The van der Waals surface area contributed by atoms with Gasteiger partial charge in [-0.15, -0.1) is 0 Å². The van der Waals surface area contributed by atoms with Crippen LogP contribution in [0.15, 0.2) is 48.5 Å². The number of benzene rings is 2. The Morgan fingerprint density at radius 1 is 1.07 bits per heavy atom. The Kier molecular flexibility index (Phi) is 6.71. The summed E-state index contributed by atoms with van der Waals surface area (Å²) in [5.41, 5.74) is 2.41. The molecule has 1 aliphatic rings. The molecule has 5 heteroatoms. The molecule has 0 saturated carbocycles. The van der Waals surface area contributed by atoms with E-state index in [1.807, 2.05) is 18.2 Å². The number of amides is 1. The molecule has 0 spiro atoms. The van der Waals surface area contributed by atoms with E-state index < -0.39 is 6.10 Å². The number of nitrogens with zero attached hydrogens (tertiary/aromatic N) is 1. The maximum absolute atomic E-state index is 12.3. The van der Waals surface area contributed by atoms with Crippen LogP contribution >= 0.6 is 0 Å². The average Bonchev–Trinajstić information content (AvgIpc) is 3.20. The molecular weight excluding hydrogens is 340 g/mol. The molecule has 1 unspecified atom stereocenters. The summed E-state index contributed by atoms with van der Waals surface area (Å²) >= 11 is 0. The molecule has 2 aromatic carbocycles. The van der Waals surface area contributed by atoms with Gasteiger partial charge in [-0.1, -0.05) is 30.3 Å². The van der Waals surface area contributed by atoms with Crippen molar-refractivity contribution in [3.63, 3.8) is 0 Å². The standard InChI is InChI=1S/C22H28N2O3/c1-17(27-21-7-5-6-20(14-21)26-2)22(25)23-15-18-8-10-19(11-9-18)16-24-12-3-4-13-24/h5-11,14,17H,3-4,12-13,15-16H2,1-2H3,(H,23,25). The molecule has 1 heterocycles. The number of hydrogen-bond donors (Lipinski definition) is 1. The normalized spacial score (nSPS) is 15.3. The van der Waals surface area contributed by atoms with Crippen molar-refractivity contribution in [1.82, 2.24) is 10.2 Å². The van der Waals surface area contributed by atoms with Crippen molar-refractivity contribution in [3.8, 4) is 11.5 Å². The van der Waals surface area contributed by atoms with Crippen LogP contribution in [-0.4, -0.2) is 37.1 Å². The highest BCUT2D eigenvalue weighted by molar-refractivity contribution is 5.80. The van der Waals surface area contributed by atoms with E-state index >= 15 is 0 Å². The number of rotatable bonds is 8. The Balaban J connectivity index is 1.46. The van der Waals surface area contributed by atoms with E-state index in [2.05, 4.69) is 34.5 Å². The molecule has 1 aliphatic heterocycles. The van der Waals surface area contributed by atoms with Gasteiger partial charge in [0.25, 0.3) is 5.91 Å². The van der Waals surface area contributed by atoms with Crippen LogP contribution in [0, 0.1) is 0 Å². The van der Waals surface area contributed by atoms with Gasteiger partial charge in [0.2, 0.25) is 0 Å². The number of ether oxygens (including phenoxy) is 2. The topological polar surface area (TPSA) is 50.8 Å². The highest BCUT2D eigenvalue weighted by Crippen LogP contribution is 2.20. The van der Waals surface area contributed by atoms with Crippen molar-refractivity contribution in [2.75, 3.05) is 20.2 Å². The smallest absolute Gasteiger partial charge is 0.261 e. The van der Waals surface area contributed by atoms with E-state index in [0.29, 0.717) is 18.0 Å². The third-order valence-corrected chi connectivity index (χ3v) is 4.82. The number of hydrogen-bond acceptors (Lipinski definition) is 4. The number of carbonyl (C=O) groups is 1. The van der Waals surface area contributed by atoms with E-state index in [1.54, 1.807) is 20.1 Å². The van der Waals surface area contributed by atoms with Gasteiger partial charge in [-0.25, -0.2) is 0 Å². The Hall–Kier alpha value is -2.53. The molecule has 1 saturated heterocycles. The van der Waals surface area contributed by atoms with Crippen LogP contribution in [0.1, 0.15) is 30.9 Å². The van der Waals surface area contributed by atoms with Crippen molar-refractivity contribution in [1.29, 1.82) is 0 Å². The number of carbonyl (C=O) groups excluding carboxylic acids is 1. The molecule has 1 N–H and O–H groups in total. The van der Waals surface area contributed by atoms with Crippen LogP contribution in [0.3, 0.4) is 0 Å². The van der Waals surface area contributed by atoms with E-state index in [1.165, 1.54) is 31.5 Å². The van der Waals surface area contributed by atoms with Crippen LogP contribution in [0.2, 0.25) is 0 Å². The van der Waals surface area contributed by atoms with Crippen LogP contribution in [0.5, 0.6) is 11.5 Å². The van der Waals surface area contributed by atoms with Gasteiger partial charge in [-0.3, -0.25) is 9.69 Å². The van der Waals surface area contributed by atoms with Crippen molar-refractivity contribution in [2.45, 2.75) is 39.0 Å². The Morgan fingerprint density at radius 2 is 1.74 bits per heavy atom. The molecule has 0 bridgehead atoms. The van der Waals surface area contributed by atoms with Crippen LogP contribution in [-0.2, 0) is 17.9 Å². The van der Waals surface area contributed by atoms with Gasteiger partial charge in [0.15, 0.2) is 6.10 Å². The summed E-state index contributed by atoms with van der Waals surface area (Å²) in [5.74, 6) is 1.18. The molecule has 1 amide bonds. The fourth-order valence-corrected chi connectivity index (χ4v) is 3.23. The van der Waals surface area contributed by atoms with Gasteiger partial charge < -0.3 is 14.8 Å². The minimum absolute atomic E-state index is 0.140. The minimum Gasteiger partial charge on any atom is -0.497 e.